The predicted molar refractivity (Wildman–Crippen MR) is 65.0 cm³/mol. The third kappa shape index (κ3) is 4.78. The number of hydrogen-bond donors (Lipinski definition) is 1. The summed E-state index contributed by atoms with van der Waals surface area (Å²) in [6, 6.07) is 6.84. The van der Waals surface area contributed by atoms with Crippen molar-refractivity contribution in [1.29, 1.82) is 0 Å². The van der Waals surface area contributed by atoms with E-state index in [1.54, 1.807) is 0 Å². The monoisotopic (exact) mass is 234 g/mol. The van der Waals surface area contributed by atoms with Gasteiger partial charge in [-0.15, -0.1) is 0 Å². The molecule has 17 heavy (non-hydrogen) atoms. The van der Waals surface area contributed by atoms with E-state index >= 15 is 0 Å². The van der Waals surface area contributed by atoms with E-state index in [0.29, 0.717) is 6.42 Å². The summed E-state index contributed by atoms with van der Waals surface area (Å²) in [6.07, 6.45) is 3.24. The second kappa shape index (κ2) is 6.15. The molecule has 92 valence electrons. The highest BCUT2D eigenvalue weighted by Crippen LogP contribution is 2.06. The van der Waals surface area contributed by atoms with Crippen LogP contribution < -0.4 is 10.8 Å². The molecule has 0 saturated carbocycles. The molecule has 0 spiro atoms. The van der Waals surface area contributed by atoms with Gasteiger partial charge < -0.3 is 15.6 Å². The summed E-state index contributed by atoms with van der Waals surface area (Å²) >= 11 is 0. The number of nitrogens with two attached hydrogens (primary N) is 1. The van der Waals surface area contributed by atoms with Crippen molar-refractivity contribution in [3.63, 3.8) is 0 Å². The zero-order valence-electron chi connectivity index (χ0n) is 10.2. The average Bonchev–Trinajstić information content (AvgIpc) is 2.28. The Morgan fingerprint density at radius 3 is 2.35 bits per heavy atom. The van der Waals surface area contributed by atoms with Gasteiger partial charge >= 0.3 is 0 Å². The van der Waals surface area contributed by atoms with Crippen LogP contribution in [0, 0.1) is 0 Å². The van der Waals surface area contributed by atoms with E-state index in [1.165, 1.54) is 5.56 Å². The minimum Gasteiger partial charge on any atom is -0.548 e. The molecule has 1 unspecified atom stereocenters. The molecule has 0 amide bonds. The van der Waals surface area contributed by atoms with Gasteiger partial charge in [0.1, 0.15) is 20.3 Å². The molecule has 1 rings (SSSR count). The molecule has 4 nitrogen and oxygen atoms in total. The van der Waals surface area contributed by atoms with E-state index in [2.05, 4.69) is 6.21 Å². The number of carboxylic acid groups (broad SMARTS) is 1. The molecule has 0 radical (unpaired) electrons. The van der Waals surface area contributed by atoms with Crippen molar-refractivity contribution in [3.05, 3.63) is 35.4 Å². The van der Waals surface area contributed by atoms with Crippen LogP contribution in [0.15, 0.2) is 24.3 Å². The van der Waals surface area contributed by atoms with E-state index < -0.39 is 12.0 Å². The van der Waals surface area contributed by atoms with Gasteiger partial charge in [-0.2, -0.15) is 0 Å². The largest absolute Gasteiger partial charge is 0.548 e. The summed E-state index contributed by atoms with van der Waals surface area (Å²) in [4.78, 5) is 10.5. The molecular formula is C13H18N2O2. The van der Waals surface area contributed by atoms with Gasteiger partial charge in [-0.25, -0.2) is 4.58 Å². The van der Waals surface area contributed by atoms with Crippen LogP contribution in [-0.4, -0.2) is 36.9 Å². The summed E-state index contributed by atoms with van der Waals surface area (Å²) in [5.41, 5.74) is 7.51. The van der Waals surface area contributed by atoms with Crippen LogP contribution in [0.2, 0.25) is 0 Å². The molecule has 0 aliphatic heterocycles. The zero-order chi connectivity index (χ0) is 12.8. The van der Waals surface area contributed by atoms with Gasteiger partial charge in [-0.3, -0.25) is 0 Å². The molecule has 1 atom stereocenters. The number of carbonyl (C=O) groups excluding carboxylic acids is 1. The van der Waals surface area contributed by atoms with Crippen LogP contribution in [-0.2, 0) is 17.6 Å². The van der Waals surface area contributed by atoms with Crippen molar-refractivity contribution in [2.45, 2.75) is 18.9 Å². The highest BCUT2D eigenvalue weighted by molar-refractivity contribution is 5.71. The van der Waals surface area contributed by atoms with E-state index in [1.807, 2.05) is 42.9 Å². The molecular weight excluding hydrogens is 216 g/mol. The number of aliphatic carboxylic acids is 1. The Kier molecular flexibility index (Phi) is 4.84. The van der Waals surface area contributed by atoms with Gasteiger partial charge in [0.2, 0.25) is 0 Å². The highest BCUT2D eigenvalue weighted by atomic mass is 16.4. The molecule has 4 heteroatoms. The first-order chi connectivity index (χ1) is 7.99. The van der Waals surface area contributed by atoms with Crippen molar-refractivity contribution >= 4 is 12.2 Å². The Balaban J connectivity index is 2.62. The lowest BCUT2D eigenvalue weighted by Crippen LogP contribution is -2.43. The fourth-order valence-electron chi connectivity index (χ4n) is 1.44. The average molecular weight is 234 g/mol. The standard InChI is InChI=1S/C13H18N2O2/c1-15(2)8-7-10-3-5-11(6-4-10)9-12(14)13(16)17/h3-6,8,12H,7,9,14H2,1-2H3. The molecule has 1 aromatic rings. The summed E-state index contributed by atoms with van der Waals surface area (Å²) < 4.78 is 2.00. The Morgan fingerprint density at radius 1 is 1.35 bits per heavy atom. The molecule has 1 aromatic carbocycles. The quantitative estimate of drug-likeness (QED) is 0.535. The van der Waals surface area contributed by atoms with Crippen molar-refractivity contribution in [3.8, 4) is 0 Å². The maximum absolute atomic E-state index is 10.5. The molecule has 0 heterocycles. The van der Waals surface area contributed by atoms with Crippen LogP contribution >= 0.6 is 0 Å². The molecule has 0 saturated heterocycles. The minimum absolute atomic E-state index is 0.306. The normalized spacial score (nSPS) is 11.9. The summed E-state index contributed by atoms with van der Waals surface area (Å²) in [7, 11) is 3.96. The van der Waals surface area contributed by atoms with Gasteiger partial charge in [0.05, 0.1) is 5.97 Å². The summed E-state index contributed by atoms with van der Waals surface area (Å²) in [6.45, 7) is 0. The third-order valence-electron chi connectivity index (χ3n) is 2.47. The Labute approximate surface area is 101 Å². The highest BCUT2D eigenvalue weighted by Gasteiger charge is 2.04. The lowest BCUT2D eigenvalue weighted by molar-refractivity contribution is -0.460. The van der Waals surface area contributed by atoms with Gasteiger partial charge in [0.15, 0.2) is 0 Å². The first-order valence-corrected chi connectivity index (χ1v) is 5.53. The second-order valence-electron chi connectivity index (χ2n) is 4.30. The van der Waals surface area contributed by atoms with E-state index in [0.717, 1.165) is 12.0 Å². The van der Waals surface area contributed by atoms with Crippen LogP contribution in [0.4, 0.5) is 0 Å². The van der Waals surface area contributed by atoms with E-state index in [9.17, 15) is 9.90 Å². The third-order valence-corrected chi connectivity index (χ3v) is 2.47. The zero-order valence-corrected chi connectivity index (χ0v) is 10.2. The SMILES string of the molecule is C[N+](C)=CCc1ccc(CC(N)C(=O)[O-])cc1. The maximum Gasteiger partial charge on any atom is 0.143 e. The predicted octanol–water partition coefficient (Wildman–Crippen LogP) is -0.808. The molecule has 0 bridgehead atoms. The van der Waals surface area contributed by atoms with Crippen molar-refractivity contribution in [2.75, 3.05) is 14.1 Å². The Morgan fingerprint density at radius 2 is 1.88 bits per heavy atom. The van der Waals surface area contributed by atoms with Gasteiger partial charge in [0, 0.05) is 12.5 Å². The summed E-state index contributed by atoms with van der Waals surface area (Å²) in [5.74, 6) is -1.21. The number of hydrogen-bond acceptors (Lipinski definition) is 3. The topological polar surface area (TPSA) is 69.2 Å². The lowest BCUT2D eigenvalue weighted by atomic mass is 10.0. The van der Waals surface area contributed by atoms with Crippen molar-refractivity contribution < 1.29 is 14.5 Å². The van der Waals surface area contributed by atoms with Crippen LogP contribution in [0.3, 0.4) is 0 Å². The summed E-state index contributed by atoms with van der Waals surface area (Å²) in [5, 5.41) is 10.5. The fraction of sp³-hybridized carbons (Fsp3) is 0.385. The van der Waals surface area contributed by atoms with Gasteiger partial charge in [-0.1, -0.05) is 24.3 Å². The molecule has 0 fully saturated rings. The van der Waals surface area contributed by atoms with Gasteiger partial charge in [-0.05, 0) is 17.5 Å². The smallest absolute Gasteiger partial charge is 0.143 e. The minimum atomic E-state index is -1.21. The molecule has 0 aromatic heterocycles. The number of rotatable bonds is 5. The maximum atomic E-state index is 10.5. The fourth-order valence-corrected chi connectivity index (χ4v) is 1.44. The van der Waals surface area contributed by atoms with Crippen molar-refractivity contribution in [2.24, 2.45) is 5.73 Å². The van der Waals surface area contributed by atoms with E-state index in [-0.39, 0.29) is 0 Å². The Hall–Kier alpha value is -1.68. The van der Waals surface area contributed by atoms with Crippen LogP contribution in [0.5, 0.6) is 0 Å². The van der Waals surface area contributed by atoms with Crippen LogP contribution in [0.25, 0.3) is 0 Å². The van der Waals surface area contributed by atoms with Gasteiger partial charge in [0.25, 0.3) is 0 Å². The van der Waals surface area contributed by atoms with Crippen molar-refractivity contribution in [1.82, 2.24) is 0 Å². The number of benzene rings is 1. The van der Waals surface area contributed by atoms with Crippen LogP contribution in [0.1, 0.15) is 11.1 Å². The first kappa shape index (κ1) is 13.4. The van der Waals surface area contributed by atoms with E-state index in [4.69, 9.17) is 5.73 Å². The Bertz CT molecular complexity index is 406. The molecule has 2 N–H and O–H groups in total. The number of carbonyl (C=O) groups is 1. The number of carboxylic acids is 1. The lowest BCUT2D eigenvalue weighted by Gasteiger charge is -2.12. The first-order valence-electron chi connectivity index (χ1n) is 5.53. The molecule has 0 aliphatic rings. The molecule has 0 aliphatic carbocycles. The number of nitrogens with zero attached hydrogens (tertiary/aromatic N) is 1. The second-order valence-corrected chi connectivity index (χ2v) is 4.30.